The van der Waals surface area contributed by atoms with E-state index in [0.717, 1.165) is 18.4 Å². The molecule has 0 aliphatic carbocycles. The van der Waals surface area contributed by atoms with Crippen LogP contribution in [0.5, 0.6) is 0 Å². The van der Waals surface area contributed by atoms with Gasteiger partial charge in [-0.1, -0.05) is 42.4 Å². The number of benzene rings is 1. The van der Waals surface area contributed by atoms with Crippen LogP contribution in [-0.2, 0) is 11.2 Å². The Morgan fingerprint density at radius 1 is 1.24 bits per heavy atom. The van der Waals surface area contributed by atoms with E-state index in [1.807, 2.05) is 44.2 Å². The normalized spacial score (nSPS) is 14.0. The van der Waals surface area contributed by atoms with Gasteiger partial charge in [0, 0.05) is 19.1 Å². The maximum absolute atomic E-state index is 6.17. The van der Waals surface area contributed by atoms with Crippen molar-refractivity contribution in [2.45, 2.75) is 45.3 Å². The molecule has 2 aromatic rings. The van der Waals surface area contributed by atoms with Gasteiger partial charge in [-0.15, -0.1) is 0 Å². The first-order chi connectivity index (χ1) is 10.2. The molecular weight excluding hydrogens is 266 g/mol. The van der Waals surface area contributed by atoms with E-state index in [-0.39, 0.29) is 12.1 Å². The third-order valence-electron chi connectivity index (χ3n) is 3.41. The third kappa shape index (κ3) is 4.37. The van der Waals surface area contributed by atoms with Crippen LogP contribution >= 0.6 is 0 Å². The maximum atomic E-state index is 6.17. The van der Waals surface area contributed by atoms with Crippen molar-refractivity contribution in [3.8, 4) is 0 Å². The van der Waals surface area contributed by atoms with E-state index in [2.05, 4.69) is 10.1 Å². The Hall–Kier alpha value is -1.72. The van der Waals surface area contributed by atoms with Crippen molar-refractivity contribution in [2.24, 2.45) is 5.73 Å². The lowest BCUT2D eigenvalue weighted by Gasteiger charge is -2.10. The fourth-order valence-corrected chi connectivity index (χ4v) is 2.22. The van der Waals surface area contributed by atoms with E-state index in [4.69, 9.17) is 15.0 Å². The Bertz CT molecular complexity index is 527. The molecule has 0 aliphatic heterocycles. The minimum atomic E-state index is -0.0877. The molecule has 1 aromatic carbocycles. The van der Waals surface area contributed by atoms with Crippen molar-refractivity contribution in [3.05, 3.63) is 47.6 Å². The highest BCUT2D eigenvalue weighted by Gasteiger charge is 2.17. The van der Waals surface area contributed by atoms with Crippen molar-refractivity contribution in [3.63, 3.8) is 0 Å². The van der Waals surface area contributed by atoms with Crippen LogP contribution in [0.4, 0.5) is 0 Å². The third-order valence-corrected chi connectivity index (χ3v) is 3.41. The topological polar surface area (TPSA) is 74.2 Å². The maximum Gasteiger partial charge on any atom is 0.226 e. The van der Waals surface area contributed by atoms with Crippen molar-refractivity contribution in [2.75, 3.05) is 6.61 Å². The molecule has 114 valence electrons. The number of ether oxygens (including phenoxy) is 1. The Morgan fingerprint density at radius 2 is 2.00 bits per heavy atom. The largest absolute Gasteiger partial charge is 0.370 e. The van der Waals surface area contributed by atoms with Gasteiger partial charge in [0.15, 0.2) is 0 Å². The van der Waals surface area contributed by atoms with Gasteiger partial charge in [-0.2, -0.15) is 4.98 Å². The molecule has 5 nitrogen and oxygen atoms in total. The van der Waals surface area contributed by atoms with Crippen LogP contribution in [0, 0.1) is 0 Å². The Morgan fingerprint density at radius 3 is 2.67 bits per heavy atom. The van der Waals surface area contributed by atoms with Crippen LogP contribution in [0.25, 0.3) is 0 Å². The molecule has 0 spiro atoms. The number of hydrogen-bond acceptors (Lipinski definition) is 5. The number of rotatable bonds is 8. The lowest BCUT2D eigenvalue weighted by molar-refractivity contribution is 0.0518. The summed E-state index contributed by atoms with van der Waals surface area (Å²) in [7, 11) is 0. The van der Waals surface area contributed by atoms with Gasteiger partial charge in [0.25, 0.3) is 0 Å². The van der Waals surface area contributed by atoms with Crippen LogP contribution in [0.2, 0.25) is 0 Å². The van der Waals surface area contributed by atoms with E-state index in [1.54, 1.807) is 0 Å². The molecule has 0 saturated heterocycles. The zero-order chi connectivity index (χ0) is 15.1. The lowest BCUT2D eigenvalue weighted by Crippen LogP contribution is -2.11. The van der Waals surface area contributed by atoms with Crippen molar-refractivity contribution >= 4 is 0 Å². The highest BCUT2D eigenvalue weighted by molar-refractivity contribution is 5.18. The van der Waals surface area contributed by atoms with Crippen LogP contribution in [0.1, 0.15) is 56.1 Å². The molecule has 0 saturated carbocycles. The van der Waals surface area contributed by atoms with Gasteiger partial charge in [0.1, 0.15) is 6.10 Å². The van der Waals surface area contributed by atoms with Gasteiger partial charge in [-0.05, 0) is 25.3 Å². The van der Waals surface area contributed by atoms with Crippen molar-refractivity contribution < 1.29 is 9.26 Å². The average molecular weight is 289 g/mol. The number of aryl methyl sites for hydroxylation is 1. The summed E-state index contributed by atoms with van der Waals surface area (Å²) in [6, 6.07) is 10.0. The van der Waals surface area contributed by atoms with E-state index >= 15 is 0 Å². The van der Waals surface area contributed by atoms with Gasteiger partial charge in [0.2, 0.25) is 11.7 Å². The van der Waals surface area contributed by atoms with Crippen LogP contribution in [0.15, 0.2) is 34.9 Å². The highest BCUT2D eigenvalue weighted by atomic mass is 16.5. The van der Waals surface area contributed by atoms with Gasteiger partial charge >= 0.3 is 0 Å². The van der Waals surface area contributed by atoms with E-state index < -0.39 is 0 Å². The second kappa shape index (κ2) is 7.90. The first kappa shape index (κ1) is 15.7. The molecule has 5 heteroatoms. The molecule has 0 bridgehead atoms. The fraction of sp³-hybridized carbons (Fsp3) is 0.500. The van der Waals surface area contributed by atoms with Gasteiger partial charge < -0.3 is 15.0 Å². The summed E-state index contributed by atoms with van der Waals surface area (Å²) in [4.78, 5) is 4.41. The molecular formula is C16H23N3O2. The standard InChI is InChI=1S/C16H23N3O2/c1-3-14(20-4-2)16-18-15(21-19-16)11-10-13(17)12-8-6-5-7-9-12/h5-9,13-14H,3-4,10-11,17H2,1-2H3. The molecule has 21 heavy (non-hydrogen) atoms. The molecule has 0 radical (unpaired) electrons. The zero-order valence-corrected chi connectivity index (χ0v) is 12.7. The average Bonchev–Trinajstić information content (AvgIpc) is 3.00. The Kier molecular flexibility index (Phi) is 5.90. The first-order valence-electron chi connectivity index (χ1n) is 7.49. The summed E-state index contributed by atoms with van der Waals surface area (Å²) in [6.45, 7) is 4.64. The predicted molar refractivity (Wildman–Crippen MR) is 80.6 cm³/mol. The van der Waals surface area contributed by atoms with Crippen LogP contribution < -0.4 is 5.73 Å². The van der Waals surface area contributed by atoms with Crippen molar-refractivity contribution in [1.29, 1.82) is 0 Å². The molecule has 2 N–H and O–H groups in total. The molecule has 2 unspecified atom stereocenters. The molecule has 2 atom stereocenters. The summed E-state index contributed by atoms with van der Waals surface area (Å²) in [5.41, 5.74) is 7.29. The minimum absolute atomic E-state index is 0.0181. The number of aromatic nitrogens is 2. The lowest BCUT2D eigenvalue weighted by atomic mass is 10.0. The smallest absolute Gasteiger partial charge is 0.226 e. The monoisotopic (exact) mass is 289 g/mol. The van der Waals surface area contributed by atoms with Gasteiger partial charge in [-0.25, -0.2) is 0 Å². The second-order valence-corrected chi connectivity index (χ2v) is 4.95. The van der Waals surface area contributed by atoms with E-state index in [9.17, 15) is 0 Å². The molecule has 0 fully saturated rings. The van der Waals surface area contributed by atoms with E-state index in [0.29, 0.717) is 24.7 Å². The minimum Gasteiger partial charge on any atom is -0.370 e. The molecule has 0 amide bonds. The highest BCUT2D eigenvalue weighted by Crippen LogP contribution is 2.20. The summed E-state index contributed by atoms with van der Waals surface area (Å²) >= 11 is 0. The second-order valence-electron chi connectivity index (χ2n) is 4.95. The fourth-order valence-electron chi connectivity index (χ4n) is 2.22. The Balaban J connectivity index is 1.91. The van der Waals surface area contributed by atoms with Gasteiger partial charge in [0.05, 0.1) is 0 Å². The molecule has 1 aromatic heterocycles. The quantitative estimate of drug-likeness (QED) is 0.807. The molecule has 1 heterocycles. The summed E-state index contributed by atoms with van der Waals surface area (Å²) in [5.74, 6) is 1.25. The summed E-state index contributed by atoms with van der Waals surface area (Å²) < 4.78 is 10.9. The number of nitrogens with zero attached hydrogens (tertiary/aromatic N) is 2. The molecule has 2 rings (SSSR count). The van der Waals surface area contributed by atoms with Crippen LogP contribution in [-0.4, -0.2) is 16.7 Å². The van der Waals surface area contributed by atoms with E-state index in [1.165, 1.54) is 0 Å². The van der Waals surface area contributed by atoms with Gasteiger partial charge in [-0.3, -0.25) is 0 Å². The number of nitrogens with two attached hydrogens (primary N) is 1. The van der Waals surface area contributed by atoms with Crippen LogP contribution in [0.3, 0.4) is 0 Å². The van der Waals surface area contributed by atoms with Crippen molar-refractivity contribution in [1.82, 2.24) is 10.1 Å². The summed E-state index contributed by atoms with van der Waals surface area (Å²) in [6.07, 6.45) is 2.19. The predicted octanol–water partition coefficient (Wildman–Crippen LogP) is 3.19. The number of hydrogen-bond donors (Lipinski definition) is 1. The zero-order valence-electron chi connectivity index (χ0n) is 12.7. The Labute approximate surface area is 125 Å². The first-order valence-corrected chi connectivity index (χ1v) is 7.49. The molecule has 0 aliphatic rings. The SMILES string of the molecule is CCOC(CC)c1noc(CCC(N)c2ccccc2)n1. The summed E-state index contributed by atoms with van der Waals surface area (Å²) in [5, 5.41) is 4.00.